The summed E-state index contributed by atoms with van der Waals surface area (Å²) in [6.07, 6.45) is 3.60. The van der Waals surface area contributed by atoms with Crippen molar-refractivity contribution < 1.29 is 5.11 Å². The maximum atomic E-state index is 9.87. The van der Waals surface area contributed by atoms with Crippen molar-refractivity contribution in [2.24, 2.45) is 0 Å². The van der Waals surface area contributed by atoms with Crippen LogP contribution < -0.4 is 0 Å². The number of aromatic hydroxyl groups is 1. The molecule has 3 heterocycles. The first-order chi connectivity index (χ1) is 6.88. The van der Waals surface area contributed by atoms with Gasteiger partial charge in [0.05, 0.1) is 11.0 Å². The summed E-state index contributed by atoms with van der Waals surface area (Å²) < 4.78 is 1.93. The van der Waals surface area contributed by atoms with Crippen LogP contribution in [-0.4, -0.2) is 14.5 Å². The Morgan fingerprint density at radius 2 is 1.93 bits per heavy atom. The van der Waals surface area contributed by atoms with Gasteiger partial charge in [0.15, 0.2) is 5.75 Å². The van der Waals surface area contributed by atoms with Gasteiger partial charge in [-0.3, -0.25) is 4.98 Å². The molecule has 0 amide bonds. The third-order valence-corrected chi connectivity index (χ3v) is 2.37. The summed E-state index contributed by atoms with van der Waals surface area (Å²) in [6.45, 7) is 0. The van der Waals surface area contributed by atoms with E-state index in [2.05, 4.69) is 4.98 Å². The SMILES string of the molecule is Oc1c2ncccc2n2ccccc12. The quantitative estimate of drug-likeness (QED) is 0.581. The van der Waals surface area contributed by atoms with Crippen molar-refractivity contribution in [1.29, 1.82) is 0 Å². The summed E-state index contributed by atoms with van der Waals surface area (Å²) in [5.74, 6) is 0.251. The zero-order valence-electron chi connectivity index (χ0n) is 7.38. The van der Waals surface area contributed by atoms with E-state index >= 15 is 0 Å². The molecule has 3 heteroatoms. The monoisotopic (exact) mass is 184 g/mol. The van der Waals surface area contributed by atoms with E-state index in [1.807, 2.05) is 40.9 Å². The predicted octanol–water partition coefficient (Wildman–Crippen LogP) is 2.19. The highest BCUT2D eigenvalue weighted by atomic mass is 16.3. The maximum absolute atomic E-state index is 9.87. The number of pyridine rings is 2. The van der Waals surface area contributed by atoms with Gasteiger partial charge >= 0.3 is 0 Å². The lowest BCUT2D eigenvalue weighted by atomic mass is 10.3. The fourth-order valence-electron chi connectivity index (χ4n) is 1.74. The second-order valence-corrected chi connectivity index (χ2v) is 3.18. The minimum Gasteiger partial charge on any atom is -0.504 e. The topological polar surface area (TPSA) is 37.5 Å². The summed E-state index contributed by atoms with van der Waals surface area (Å²) in [4.78, 5) is 4.15. The molecule has 68 valence electrons. The molecule has 0 aliphatic heterocycles. The Kier molecular flexibility index (Phi) is 1.31. The van der Waals surface area contributed by atoms with Crippen molar-refractivity contribution in [1.82, 2.24) is 9.38 Å². The van der Waals surface area contributed by atoms with Crippen LogP contribution in [0, 0.1) is 0 Å². The highest BCUT2D eigenvalue weighted by Gasteiger charge is 2.09. The highest BCUT2D eigenvalue weighted by Crippen LogP contribution is 2.29. The summed E-state index contributed by atoms with van der Waals surface area (Å²) in [5.41, 5.74) is 2.38. The van der Waals surface area contributed by atoms with Crippen LogP contribution in [-0.2, 0) is 0 Å². The number of rotatable bonds is 0. The predicted molar refractivity (Wildman–Crippen MR) is 54.4 cm³/mol. The van der Waals surface area contributed by atoms with E-state index in [-0.39, 0.29) is 5.75 Å². The Morgan fingerprint density at radius 3 is 2.86 bits per heavy atom. The number of aromatic nitrogens is 2. The van der Waals surface area contributed by atoms with Crippen molar-refractivity contribution in [3.63, 3.8) is 0 Å². The second-order valence-electron chi connectivity index (χ2n) is 3.18. The Hall–Kier alpha value is -2.03. The Morgan fingerprint density at radius 1 is 1.07 bits per heavy atom. The Labute approximate surface area is 80.2 Å². The van der Waals surface area contributed by atoms with E-state index in [0.29, 0.717) is 5.52 Å². The van der Waals surface area contributed by atoms with Crippen LogP contribution in [0.5, 0.6) is 5.75 Å². The van der Waals surface area contributed by atoms with E-state index in [1.165, 1.54) is 0 Å². The van der Waals surface area contributed by atoms with Crippen molar-refractivity contribution in [2.75, 3.05) is 0 Å². The molecule has 3 aromatic heterocycles. The van der Waals surface area contributed by atoms with E-state index < -0.39 is 0 Å². The molecule has 0 bridgehead atoms. The van der Waals surface area contributed by atoms with Gasteiger partial charge in [-0.25, -0.2) is 0 Å². The minimum absolute atomic E-state index is 0.251. The molecule has 0 fully saturated rings. The van der Waals surface area contributed by atoms with Crippen LogP contribution in [0.3, 0.4) is 0 Å². The third kappa shape index (κ3) is 0.785. The molecule has 0 saturated carbocycles. The fraction of sp³-hybridized carbons (Fsp3) is 0. The van der Waals surface area contributed by atoms with Gasteiger partial charge in [0.1, 0.15) is 5.52 Å². The number of fused-ring (bicyclic) bond motifs is 3. The molecule has 0 atom stereocenters. The molecule has 3 rings (SSSR count). The van der Waals surface area contributed by atoms with Crippen LogP contribution in [0.25, 0.3) is 16.6 Å². The number of nitrogens with zero attached hydrogens (tertiary/aromatic N) is 2. The van der Waals surface area contributed by atoms with Crippen LogP contribution in [0.1, 0.15) is 0 Å². The summed E-state index contributed by atoms with van der Waals surface area (Å²) in [6, 6.07) is 9.50. The summed E-state index contributed by atoms with van der Waals surface area (Å²) >= 11 is 0. The number of hydrogen-bond acceptors (Lipinski definition) is 2. The second kappa shape index (κ2) is 2.48. The minimum atomic E-state index is 0.251. The fourth-order valence-corrected chi connectivity index (χ4v) is 1.74. The third-order valence-electron chi connectivity index (χ3n) is 2.37. The van der Waals surface area contributed by atoms with Crippen LogP contribution in [0.4, 0.5) is 0 Å². The van der Waals surface area contributed by atoms with Crippen LogP contribution in [0.2, 0.25) is 0 Å². The van der Waals surface area contributed by atoms with Gasteiger partial charge in [-0.1, -0.05) is 6.07 Å². The molecular formula is C11H8N2O. The van der Waals surface area contributed by atoms with Crippen molar-refractivity contribution in [3.05, 3.63) is 42.7 Å². The standard InChI is InChI=1S/C11H8N2O/c14-11-9-4-1-2-7-13(9)8-5-3-6-12-10(8)11/h1-7,14H. The lowest BCUT2D eigenvalue weighted by Crippen LogP contribution is -1.80. The molecule has 3 aromatic rings. The van der Waals surface area contributed by atoms with Gasteiger partial charge < -0.3 is 9.51 Å². The molecular weight excluding hydrogens is 176 g/mol. The van der Waals surface area contributed by atoms with Crippen LogP contribution >= 0.6 is 0 Å². The summed E-state index contributed by atoms with van der Waals surface area (Å²) in [7, 11) is 0. The molecule has 1 N–H and O–H groups in total. The molecule has 0 aliphatic carbocycles. The molecule has 0 aliphatic rings. The molecule has 3 nitrogen and oxygen atoms in total. The average Bonchev–Trinajstić information content (AvgIpc) is 2.55. The first kappa shape index (κ1) is 7.38. The normalized spacial score (nSPS) is 11.1. The average molecular weight is 184 g/mol. The highest BCUT2D eigenvalue weighted by molar-refractivity contribution is 5.92. The zero-order chi connectivity index (χ0) is 9.54. The van der Waals surface area contributed by atoms with E-state index in [0.717, 1.165) is 11.0 Å². The lowest BCUT2D eigenvalue weighted by molar-refractivity contribution is 0.486. The van der Waals surface area contributed by atoms with Gasteiger partial charge in [0, 0.05) is 12.4 Å². The number of hydrogen-bond donors (Lipinski definition) is 1. The molecule has 0 spiro atoms. The maximum Gasteiger partial charge on any atom is 0.167 e. The van der Waals surface area contributed by atoms with Gasteiger partial charge in [0.25, 0.3) is 0 Å². The van der Waals surface area contributed by atoms with E-state index in [9.17, 15) is 5.11 Å². The Bertz CT molecular complexity index is 560. The van der Waals surface area contributed by atoms with Crippen molar-refractivity contribution in [3.8, 4) is 5.75 Å². The largest absolute Gasteiger partial charge is 0.504 e. The lowest BCUT2D eigenvalue weighted by Gasteiger charge is -1.93. The van der Waals surface area contributed by atoms with Gasteiger partial charge in [0.2, 0.25) is 0 Å². The first-order valence-corrected chi connectivity index (χ1v) is 4.40. The molecule has 0 aromatic carbocycles. The van der Waals surface area contributed by atoms with Gasteiger partial charge in [-0.2, -0.15) is 0 Å². The van der Waals surface area contributed by atoms with E-state index in [4.69, 9.17) is 0 Å². The molecule has 0 saturated heterocycles. The first-order valence-electron chi connectivity index (χ1n) is 4.40. The molecule has 0 unspecified atom stereocenters. The van der Waals surface area contributed by atoms with Crippen LogP contribution in [0.15, 0.2) is 42.7 Å². The van der Waals surface area contributed by atoms with Gasteiger partial charge in [-0.05, 0) is 24.3 Å². The Balaban J connectivity index is 2.69. The van der Waals surface area contributed by atoms with Crippen molar-refractivity contribution in [2.45, 2.75) is 0 Å². The zero-order valence-corrected chi connectivity index (χ0v) is 7.38. The van der Waals surface area contributed by atoms with Gasteiger partial charge in [-0.15, -0.1) is 0 Å². The van der Waals surface area contributed by atoms with E-state index in [1.54, 1.807) is 6.20 Å². The molecule has 14 heavy (non-hydrogen) atoms. The smallest absolute Gasteiger partial charge is 0.167 e. The van der Waals surface area contributed by atoms with Crippen molar-refractivity contribution >= 4 is 16.6 Å². The molecule has 0 radical (unpaired) electrons. The summed E-state index contributed by atoms with van der Waals surface area (Å²) in [5, 5.41) is 9.87.